The van der Waals surface area contributed by atoms with E-state index in [1.54, 1.807) is 33.0 Å². The molecular formula is C30H29FN4O4. The van der Waals surface area contributed by atoms with Crippen LogP contribution < -0.4 is 10.6 Å². The number of aldehydes is 1. The fourth-order valence-corrected chi connectivity index (χ4v) is 5.44. The molecule has 3 aromatic rings. The summed E-state index contributed by atoms with van der Waals surface area (Å²) in [6.07, 6.45) is 3.20. The predicted octanol–water partition coefficient (Wildman–Crippen LogP) is 4.04. The summed E-state index contributed by atoms with van der Waals surface area (Å²) in [7, 11) is 0. The van der Waals surface area contributed by atoms with Gasteiger partial charge in [0.2, 0.25) is 17.7 Å². The van der Waals surface area contributed by atoms with Crippen LogP contribution in [-0.2, 0) is 39.2 Å². The third-order valence-electron chi connectivity index (χ3n) is 7.36. The second-order valence-electron chi connectivity index (χ2n) is 11.2. The summed E-state index contributed by atoms with van der Waals surface area (Å²) in [5.41, 5.74) is 2.00. The highest BCUT2D eigenvalue weighted by molar-refractivity contribution is 6.06. The Bertz CT molecular complexity index is 1510. The highest BCUT2D eigenvalue weighted by Crippen LogP contribution is 2.46. The number of benzene rings is 2. The minimum absolute atomic E-state index is 0.0605. The van der Waals surface area contributed by atoms with Crippen LogP contribution in [0.15, 0.2) is 54.7 Å². The topological polar surface area (TPSA) is 108 Å². The van der Waals surface area contributed by atoms with Gasteiger partial charge in [-0.25, -0.2) is 9.37 Å². The van der Waals surface area contributed by atoms with Crippen LogP contribution in [0.25, 0.3) is 0 Å². The molecule has 2 heterocycles. The van der Waals surface area contributed by atoms with Gasteiger partial charge < -0.3 is 15.5 Å². The number of hydrogen-bond donors (Lipinski definition) is 2. The van der Waals surface area contributed by atoms with Gasteiger partial charge in [0, 0.05) is 40.5 Å². The minimum Gasteiger partial charge on any atom is -0.328 e. The van der Waals surface area contributed by atoms with E-state index in [-0.39, 0.29) is 36.0 Å². The zero-order valence-electron chi connectivity index (χ0n) is 22.0. The largest absolute Gasteiger partial charge is 0.328 e. The molecule has 1 unspecified atom stereocenters. The molecule has 2 aliphatic rings. The van der Waals surface area contributed by atoms with Crippen molar-refractivity contribution in [3.63, 3.8) is 0 Å². The van der Waals surface area contributed by atoms with E-state index in [0.717, 1.165) is 16.7 Å². The SMILES string of the molecule is CC(C)(C)C(=O)N(CC(=O)Nc1ccc2c(c1)CC1(C2)C(=O)Nc2ncccc21)Cc1c(F)cccc1C=O. The number of aromatic nitrogens is 1. The standard InChI is InChI=1S/C30H29FN4O4/c1-29(2,3)28(39)35(15-22-19(17-36)6-4-8-24(22)31)16-25(37)33-21-10-9-18-13-30(14-20(18)12-21)23-7-5-11-32-26(23)34-27(30)38/h4-12,17H,13-16H2,1-3H3,(H,33,37)(H,32,34,38). The molecule has 2 N–H and O–H groups in total. The highest BCUT2D eigenvalue weighted by atomic mass is 19.1. The van der Waals surface area contributed by atoms with Crippen LogP contribution in [0.1, 0.15) is 53.4 Å². The molecule has 0 fully saturated rings. The maximum atomic E-state index is 14.6. The van der Waals surface area contributed by atoms with Gasteiger partial charge >= 0.3 is 0 Å². The average molecular weight is 529 g/mol. The Morgan fingerprint density at radius 3 is 2.64 bits per heavy atom. The molecule has 1 aromatic heterocycles. The highest BCUT2D eigenvalue weighted by Gasteiger charge is 2.51. The van der Waals surface area contributed by atoms with Gasteiger partial charge in [-0.1, -0.05) is 45.0 Å². The molecule has 1 aliphatic heterocycles. The van der Waals surface area contributed by atoms with Crippen molar-refractivity contribution in [2.45, 2.75) is 45.6 Å². The van der Waals surface area contributed by atoms with Crippen molar-refractivity contribution in [2.75, 3.05) is 17.2 Å². The Hall–Kier alpha value is -4.40. The lowest BCUT2D eigenvalue weighted by atomic mass is 9.79. The van der Waals surface area contributed by atoms with Crippen molar-refractivity contribution >= 4 is 35.5 Å². The van der Waals surface area contributed by atoms with Crippen LogP contribution >= 0.6 is 0 Å². The van der Waals surface area contributed by atoms with E-state index in [9.17, 15) is 23.6 Å². The van der Waals surface area contributed by atoms with Gasteiger partial charge in [0.05, 0.1) is 5.41 Å². The molecule has 3 amide bonds. The van der Waals surface area contributed by atoms with Crippen LogP contribution in [0.4, 0.5) is 15.9 Å². The van der Waals surface area contributed by atoms with Gasteiger partial charge in [0.25, 0.3) is 0 Å². The first kappa shape index (κ1) is 26.2. The molecule has 9 heteroatoms. The Balaban J connectivity index is 1.34. The van der Waals surface area contributed by atoms with Crippen LogP contribution in [0.2, 0.25) is 0 Å². The maximum Gasteiger partial charge on any atom is 0.244 e. The first-order chi connectivity index (χ1) is 18.5. The second kappa shape index (κ2) is 9.72. The zero-order valence-corrected chi connectivity index (χ0v) is 22.0. The third kappa shape index (κ3) is 4.80. The number of nitrogens with one attached hydrogen (secondary N) is 2. The van der Waals surface area contributed by atoms with Crippen molar-refractivity contribution in [1.29, 1.82) is 0 Å². The van der Waals surface area contributed by atoms with Gasteiger partial charge in [0.15, 0.2) is 6.29 Å². The molecule has 8 nitrogen and oxygen atoms in total. The minimum atomic E-state index is -0.832. The number of nitrogens with zero attached hydrogens (tertiary/aromatic N) is 2. The average Bonchev–Trinajstić information content (AvgIpc) is 3.40. The Morgan fingerprint density at radius 1 is 1.13 bits per heavy atom. The first-order valence-electron chi connectivity index (χ1n) is 12.7. The summed E-state index contributed by atoms with van der Waals surface area (Å²) >= 11 is 0. The summed E-state index contributed by atoms with van der Waals surface area (Å²) in [6, 6.07) is 13.4. The predicted molar refractivity (Wildman–Crippen MR) is 144 cm³/mol. The van der Waals surface area contributed by atoms with E-state index in [1.165, 1.54) is 23.1 Å². The van der Waals surface area contributed by atoms with E-state index in [2.05, 4.69) is 15.6 Å². The molecule has 0 radical (unpaired) electrons. The van der Waals surface area contributed by atoms with E-state index in [4.69, 9.17) is 0 Å². The number of hydrogen-bond acceptors (Lipinski definition) is 5. The molecular weight excluding hydrogens is 499 g/mol. The van der Waals surface area contributed by atoms with Gasteiger partial charge in [0.1, 0.15) is 18.2 Å². The van der Waals surface area contributed by atoms with Crippen LogP contribution in [0.5, 0.6) is 0 Å². The smallest absolute Gasteiger partial charge is 0.244 e. The lowest BCUT2D eigenvalue weighted by Gasteiger charge is -2.29. The Labute approximate surface area is 225 Å². The van der Waals surface area contributed by atoms with Gasteiger partial charge in [-0.2, -0.15) is 0 Å². The van der Waals surface area contributed by atoms with Crippen LogP contribution in [-0.4, -0.2) is 40.4 Å². The molecule has 1 atom stereocenters. The van der Waals surface area contributed by atoms with E-state index >= 15 is 0 Å². The summed E-state index contributed by atoms with van der Waals surface area (Å²) in [5, 5.41) is 5.72. The fourth-order valence-electron chi connectivity index (χ4n) is 5.44. The molecule has 200 valence electrons. The number of fused-ring (bicyclic) bond motifs is 3. The maximum absolute atomic E-state index is 14.6. The fraction of sp³-hybridized carbons (Fsp3) is 0.300. The molecule has 5 rings (SSSR count). The third-order valence-corrected chi connectivity index (χ3v) is 7.36. The lowest BCUT2D eigenvalue weighted by molar-refractivity contribution is -0.142. The Kier molecular flexibility index (Phi) is 6.54. The van der Waals surface area contributed by atoms with Gasteiger partial charge in [-0.05, 0) is 48.2 Å². The molecule has 0 bridgehead atoms. The van der Waals surface area contributed by atoms with Gasteiger partial charge in [-0.15, -0.1) is 0 Å². The molecule has 2 aromatic carbocycles. The summed E-state index contributed by atoms with van der Waals surface area (Å²) in [4.78, 5) is 56.3. The molecule has 0 saturated carbocycles. The van der Waals surface area contributed by atoms with Crippen molar-refractivity contribution in [1.82, 2.24) is 9.88 Å². The summed E-state index contributed by atoms with van der Waals surface area (Å²) < 4.78 is 14.6. The first-order valence-corrected chi connectivity index (χ1v) is 12.7. The van der Waals surface area contributed by atoms with E-state index in [0.29, 0.717) is 30.6 Å². The summed E-state index contributed by atoms with van der Waals surface area (Å²) in [5.74, 6) is -0.935. The quantitative estimate of drug-likeness (QED) is 0.470. The normalized spacial score (nSPS) is 17.4. The number of rotatable bonds is 6. The van der Waals surface area contributed by atoms with Crippen LogP contribution in [0, 0.1) is 11.2 Å². The van der Waals surface area contributed by atoms with Crippen LogP contribution in [0.3, 0.4) is 0 Å². The van der Waals surface area contributed by atoms with Gasteiger partial charge in [-0.3, -0.25) is 19.2 Å². The number of carbonyl (C=O) groups excluding carboxylic acids is 4. The zero-order chi connectivity index (χ0) is 27.9. The van der Waals surface area contributed by atoms with Crippen molar-refractivity contribution < 1.29 is 23.6 Å². The van der Waals surface area contributed by atoms with Crippen molar-refractivity contribution in [3.05, 3.63) is 88.4 Å². The molecule has 1 spiro atoms. The summed E-state index contributed by atoms with van der Waals surface area (Å²) in [6.45, 7) is 4.59. The second-order valence-corrected chi connectivity index (χ2v) is 11.2. The lowest BCUT2D eigenvalue weighted by Crippen LogP contribution is -2.43. The van der Waals surface area contributed by atoms with Crippen molar-refractivity contribution in [3.8, 4) is 0 Å². The van der Waals surface area contributed by atoms with Crippen molar-refractivity contribution in [2.24, 2.45) is 5.41 Å². The number of anilines is 2. The molecule has 0 saturated heterocycles. The van der Waals surface area contributed by atoms with E-state index in [1.807, 2.05) is 24.3 Å². The monoisotopic (exact) mass is 528 g/mol. The van der Waals surface area contributed by atoms with E-state index < -0.39 is 22.6 Å². The Morgan fingerprint density at radius 2 is 1.90 bits per heavy atom. The number of amides is 3. The number of halogens is 1. The molecule has 39 heavy (non-hydrogen) atoms. The number of carbonyl (C=O) groups is 4. The molecule has 1 aliphatic carbocycles. The number of pyridine rings is 1.